The summed E-state index contributed by atoms with van der Waals surface area (Å²) in [6, 6.07) is 14.1. The van der Waals surface area contributed by atoms with Gasteiger partial charge in [0.05, 0.1) is 11.3 Å². The van der Waals surface area contributed by atoms with Gasteiger partial charge in [0.15, 0.2) is 0 Å². The molecule has 0 saturated heterocycles. The van der Waals surface area contributed by atoms with Gasteiger partial charge in [-0.25, -0.2) is 0 Å². The first kappa shape index (κ1) is 24.8. The standard InChI is InChI=1S/C23H30O7S/c1-4-17(20-10-9-18-7-5-6-8-19(18)13-20)15-23(3,14-16(2)21(24)25)22(26)30-11-12-31(27,28)29/h5-10,13,16-17H,4,11-12,14-15H2,1-3H3,(H,24,25)(H,27,28,29). The highest BCUT2D eigenvalue weighted by Crippen LogP contribution is 2.40. The van der Waals surface area contributed by atoms with Crippen molar-refractivity contribution in [1.29, 1.82) is 0 Å². The van der Waals surface area contributed by atoms with E-state index < -0.39 is 45.7 Å². The SMILES string of the molecule is CCC(CC(C)(CC(C)C(=O)O)C(=O)OCCS(=O)(=O)O)c1ccc2ccccc2c1. The number of aliphatic carboxylic acids is 1. The number of ether oxygens (including phenoxy) is 1. The van der Waals surface area contributed by atoms with Gasteiger partial charge in [0.2, 0.25) is 0 Å². The van der Waals surface area contributed by atoms with E-state index in [1.807, 2.05) is 43.3 Å². The number of carbonyl (C=O) groups is 2. The fourth-order valence-electron chi connectivity index (χ4n) is 3.93. The molecule has 0 saturated carbocycles. The molecule has 3 atom stereocenters. The van der Waals surface area contributed by atoms with Crippen LogP contribution in [0, 0.1) is 11.3 Å². The molecule has 31 heavy (non-hydrogen) atoms. The van der Waals surface area contributed by atoms with Gasteiger partial charge in [0.1, 0.15) is 12.4 Å². The molecule has 2 aromatic rings. The Morgan fingerprint density at radius 1 is 1.10 bits per heavy atom. The molecule has 0 bridgehead atoms. The molecule has 7 nitrogen and oxygen atoms in total. The van der Waals surface area contributed by atoms with Crippen LogP contribution in [0.25, 0.3) is 10.8 Å². The van der Waals surface area contributed by atoms with Crippen LogP contribution < -0.4 is 0 Å². The van der Waals surface area contributed by atoms with Crippen molar-refractivity contribution < 1.29 is 32.4 Å². The summed E-state index contributed by atoms with van der Waals surface area (Å²) in [5.41, 5.74) is -0.0928. The summed E-state index contributed by atoms with van der Waals surface area (Å²) in [6.07, 6.45) is 1.13. The predicted octanol–water partition coefficient (Wildman–Crippen LogP) is 4.27. The van der Waals surface area contributed by atoms with Crippen molar-refractivity contribution in [2.75, 3.05) is 12.4 Å². The minimum Gasteiger partial charge on any atom is -0.481 e. The number of carboxylic acid groups (broad SMARTS) is 1. The summed E-state index contributed by atoms with van der Waals surface area (Å²) in [4.78, 5) is 24.4. The molecule has 3 unspecified atom stereocenters. The van der Waals surface area contributed by atoms with E-state index in [9.17, 15) is 23.1 Å². The number of carboxylic acids is 1. The molecule has 2 aromatic carbocycles. The maximum absolute atomic E-state index is 12.9. The topological polar surface area (TPSA) is 118 Å². The van der Waals surface area contributed by atoms with Crippen molar-refractivity contribution in [3.63, 3.8) is 0 Å². The molecule has 170 valence electrons. The lowest BCUT2D eigenvalue weighted by atomic mass is 9.72. The second-order valence-electron chi connectivity index (χ2n) is 8.34. The fraction of sp³-hybridized carbons (Fsp3) is 0.478. The molecular formula is C23H30O7S. The van der Waals surface area contributed by atoms with Crippen LogP contribution in [0.5, 0.6) is 0 Å². The summed E-state index contributed by atoms with van der Waals surface area (Å²) in [5, 5.41) is 11.6. The van der Waals surface area contributed by atoms with E-state index in [2.05, 4.69) is 6.07 Å². The zero-order valence-electron chi connectivity index (χ0n) is 18.1. The lowest BCUT2D eigenvalue weighted by Gasteiger charge is -2.32. The Bertz CT molecular complexity index is 1030. The number of hydrogen-bond acceptors (Lipinski definition) is 5. The van der Waals surface area contributed by atoms with E-state index in [4.69, 9.17) is 9.29 Å². The van der Waals surface area contributed by atoms with Gasteiger partial charge in [-0.05, 0) is 48.4 Å². The molecule has 0 aromatic heterocycles. The molecule has 2 N–H and O–H groups in total. The van der Waals surface area contributed by atoms with Crippen molar-refractivity contribution in [2.24, 2.45) is 11.3 Å². The Morgan fingerprint density at radius 3 is 2.32 bits per heavy atom. The van der Waals surface area contributed by atoms with E-state index in [1.54, 1.807) is 6.92 Å². The highest BCUT2D eigenvalue weighted by atomic mass is 32.2. The van der Waals surface area contributed by atoms with Gasteiger partial charge in [-0.15, -0.1) is 0 Å². The Labute approximate surface area is 183 Å². The molecule has 8 heteroatoms. The van der Waals surface area contributed by atoms with Crippen LogP contribution >= 0.6 is 0 Å². The molecule has 0 aliphatic carbocycles. The average molecular weight is 451 g/mol. The number of esters is 1. The zero-order chi connectivity index (χ0) is 23.2. The monoisotopic (exact) mass is 450 g/mol. The Morgan fingerprint density at radius 2 is 1.74 bits per heavy atom. The number of benzene rings is 2. The van der Waals surface area contributed by atoms with Crippen LogP contribution in [0.4, 0.5) is 0 Å². The largest absolute Gasteiger partial charge is 0.481 e. The van der Waals surface area contributed by atoms with Gasteiger partial charge in [-0.2, -0.15) is 8.42 Å². The summed E-state index contributed by atoms with van der Waals surface area (Å²) in [6.45, 7) is 4.71. The van der Waals surface area contributed by atoms with Crippen molar-refractivity contribution in [3.05, 3.63) is 48.0 Å². The highest BCUT2D eigenvalue weighted by molar-refractivity contribution is 7.85. The summed E-state index contributed by atoms with van der Waals surface area (Å²) >= 11 is 0. The summed E-state index contributed by atoms with van der Waals surface area (Å²) in [7, 11) is -4.26. The van der Waals surface area contributed by atoms with Gasteiger partial charge in [0, 0.05) is 0 Å². The normalized spacial score (nSPS) is 15.7. The Balaban J connectivity index is 2.29. The molecule has 2 rings (SSSR count). The molecule has 0 spiro atoms. The van der Waals surface area contributed by atoms with E-state index in [0.717, 1.165) is 22.8 Å². The molecule has 0 fully saturated rings. The lowest BCUT2D eigenvalue weighted by molar-refractivity contribution is -0.157. The van der Waals surface area contributed by atoms with Gasteiger partial charge in [-0.3, -0.25) is 14.1 Å². The third-order valence-electron chi connectivity index (χ3n) is 5.68. The van der Waals surface area contributed by atoms with Gasteiger partial charge >= 0.3 is 11.9 Å². The van der Waals surface area contributed by atoms with Gasteiger partial charge in [-0.1, -0.05) is 56.3 Å². The summed E-state index contributed by atoms with van der Waals surface area (Å²) < 4.78 is 35.9. The number of fused-ring (bicyclic) bond motifs is 1. The quantitative estimate of drug-likeness (QED) is 0.388. The van der Waals surface area contributed by atoms with E-state index in [-0.39, 0.29) is 12.3 Å². The third kappa shape index (κ3) is 7.04. The smallest absolute Gasteiger partial charge is 0.311 e. The maximum Gasteiger partial charge on any atom is 0.311 e. The van der Waals surface area contributed by atoms with Crippen LogP contribution in [0.2, 0.25) is 0 Å². The molecule has 0 heterocycles. The second-order valence-corrected chi connectivity index (χ2v) is 9.91. The van der Waals surface area contributed by atoms with Crippen molar-refractivity contribution in [1.82, 2.24) is 0 Å². The first-order chi connectivity index (χ1) is 14.4. The Kier molecular flexibility index (Phi) is 8.20. The molecule has 0 radical (unpaired) electrons. The van der Waals surface area contributed by atoms with E-state index in [1.165, 1.54) is 6.92 Å². The minimum absolute atomic E-state index is 0.0234. The van der Waals surface area contributed by atoms with Gasteiger partial charge in [0.25, 0.3) is 10.1 Å². The second kappa shape index (κ2) is 10.2. The Hall–Kier alpha value is -2.45. The number of carbonyl (C=O) groups excluding carboxylic acids is 1. The van der Waals surface area contributed by atoms with Crippen LogP contribution in [-0.2, 0) is 24.4 Å². The lowest BCUT2D eigenvalue weighted by Crippen LogP contribution is -2.36. The van der Waals surface area contributed by atoms with Gasteiger partial charge < -0.3 is 9.84 Å². The third-order valence-corrected chi connectivity index (χ3v) is 6.36. The maximum atomic E-state index is 12.9. The predicted molar refractivity (Wildman–Crippen MR) is 118 cm³/mol. The highest BCUT2D eigenvalue weighted by Gasteiger charge is 2.40. The number of rotatable bonds is 11. The van der Waals surface area contributed by atoms with E-state index >= 15 is 0 Å². The molecule has 0 aliphatic heterocycles. The molecule has 0 amide bonds. The van der Waals surface area contributed by atoms with E-state index in [0.29, 0.717) is 6.42 Å². The molecule has 0 aliphatic rings. The number of hydrogen-bond donors (Lipinski definition) is 2. The van der Waals surface area contributed by atoms with Crippen LogP contribution in [0.1, 0.15) is 51.5 Å². The summed E-state index contributed by atoms with van der Waals surface area (Å²) in [5.74, 6) is -3.19. The van der Waals surface area contributed by atoms with Crippen molar-refractivity contribution in [2.45, 2.75) is 46.0 Å². The molecular weight excluding hydrogens is 420 g/mol. The van der Waals surface area contributed by atoms with Crippen molar-refractivity contribution >= 4 is 32.8 Å². The average Bonchev–Trinajstić information content (AvgIpc) is 2.70. The van der Waals surface area contributed by atoms with Crippen molar-refractivity contribution in [3.8, 4) is 0 Å². The zero-order valence-corrected chi connectivity index (χ0v) is 18.9. The van der Waals surface area contributed by atoms with Crippen LogP contribution in [0.15, 0.2) is 42.5 Å². The van der Waals surface area contributed by atoms with Crippen LogP contribution in [-0.4, -0.2) is 42.4 Å². The first-order valence-corrected chi connectivity index (χ1v) is 11.9. The first-order valence-electron chi connectivity index (χ1n) is 10.3. The van der Waals surface area contributed by atoms with Crippen LogP contribution in [0.3, 0.4) is 0 Å². The fourth-order valence-corrected chi connectivity index (χ4v) is 4.22. The minimum atomic E-state index is -4.26.